The lowest BCUT2D eigenvalue weighted by molar-refractivity contribution is -0.385. The van der Waals surface area contributed by atoms with Crippen LogP contribution in [0.25, 0.3) is 0 Å². The number of carbonyl (C=O) groups excluding carboxylic acids is 1. The first-order valence-electron chi connectivity index (χ1n) is 6.54. The first kappa shape index (κ1) is 15.4. The van der Waals surface area contributed by atoms with Gasteiger partial charge in [-0.3, -0.25) is 19.7 Å². The molecule has 7 heteroatoms. The molecule has 0 aliphatic carbocycles. The number of carbonyl (C=O) groups is 1. The Bertz CT molecular complexity index is 824. The average molecular weight is 301 g/mol. The highest BCUT2D eigenvalue weighted by Gasteiger charge is 2.17. The third kappa shape index (κ3) is 3.03. The fourth-order valence-electron chi connectivity index (χ4n) is 2.17. The van der Waals surface area contributed by atoms with Gasteiger partial charge < -0.3 is 10.3 Å². The van der Waals surface area contributed by atoms with Crippen molar-refractivity contribution in [1.29, 1.82) is 0 Å². The summed E-state index contributed by atoms with van der Waals surface area (Å²) in [7, 11) is 0. The van der Waals surface area contributed by atoms with Gasteiger partial charge in [0.1, 0.15) is 5.56 Å². The summed E-state index contributed by atoms with van der Waals surface area (Å²) in [5.41, 5.74) is 6.55. The number of benzene rings is 1. The maximum atomic E-state index is 12.2. The highest BCUT2D eigenvalue weighted by Crippen LogP contribution is 2.15. The Hall–Kier alpha value is -2.96. The molecule has 1 aromatic carbocycles. The minimum absolute atomic E-state index is 0.133. The van der Waals surface area contributed by atoms with Gasteiger partial charge in [0.2, 0.25) is 0 Å². The summed E-state index contributed by atoms with van der Waals surface area (Å²) in [6.07, 6.45) is 1.12. The van der Waals surface area contributed by atoms with Crippen LogP contribution in [-0.4, -0.2) is 15.4 Å². The number of nitro groups is 1. The van der Waals surface area contributed by atoms with Gasteiger partial charge in [-0.1, -0.05) is 23.8 Å². The number of amides is 1. The molecule has 0 bridgehead atoms. The summed E-state index contributed by atoms with van der Waals surface area (Å²) in [6, 6.07) is 6.64. The van der Waals surface area contributed by atoms with Crippen LogP contribution in [0.3, 0.4) is 0 Å². The minimum Gasteiger partial charge on any atom is -0.365 e. The monoisotopic (exact) mass is 301 g/mol. The van der Waals surface area contributed by atoms with E-state index in [2.05, 4.69) is 0 Å². The first-order valence-corrected chi connectivity index (χ1v) is 6.54. The summed E-state index contributed by atoms with van der Waals surface area (Å²) in [6.45, 7) is 3.93. The molecule has 0 radical (unpaired) electrons. The third-order valence-electron chi connectivity index (χ3n) is 3.39. The second-order valence-corrected chi connectivity index (χ2v) is 5.10. The van der Waals surface area contributed by atoms with E-state index >= 15 is 0 Å². The second-order valence-electron chi connectivity index (χ2n) is 5.10. The molecule has 0 aliphatic rings. The Kier molecular flexibility index (Phi) is 4.07. The van der Waals surface area contributed by atoms with Crippen molar-refractivity contribution >= 4 is 11.6 Å². The fraction of sp³-hybridized carbons (Fsp3) is 0.200. The standard InChI is InChI=1S/C15H15N3O4/c1-9-3-4-10(2)11(5-9)7-17-8-12(18(21)22)6-13(14(16)19)15(17)20/h3-6,8H,7H2,1-2H3,(H2,16,19). The predicted molar refractivity (Wildman–Crippen MR) is 80.9 cm³/mol. The molecular weight excluding hydrogens is 286 g/mol. The first-order chi connectivity index (χ1) is 10.3. The van der Waals surface area contributed by atoms with Crippen molar-refractivity contribution in [2.24, 2.45) is 5.73 Å². The van der Waals surface area contributed by atoms with Crippen LogP contribution < -0.4 is 11.3 Å². The number of nitrogens with two attached hydrogens (primary N) is 1. The summed E-state index contributed by atoms with van der Waals surface area (Å²) >= 11 is 0. The molecule has 0 spiro atoms. The molecule has 114 valence electrons. The Morgan fingerprint density at radius 3 is 2.59 bits per heavy atom. The molecule has 1 aromatic heterocycles. The maximum absolute atomic E-state index is 12.2. The van der Waals surface area contributed by atoms with Crippen molar-refractivity contribution in [3.63, 3.8) is 0 Å². The molecular formula is C15H15N3O4. The number of primary amides is 1. The van der Waals surface area contributed by atoms with Crippen molar-refractivity contribution < 1.29 is 9.72 Å². The van der Waals surface area contributed by atoms with Gasteiger partial charge in [0.05, 0.1) is 17.7 Å². The van der Waals surface area contributed by atoms with E-state index in [1.807, 2.05) is 32.0 Å². The second kappa shape index (κ2) is 5.80. The Morgan fingerprint density at radius 1 is 1.32 bits per heavy atom. The van der Waals surface area contributed by atoms with Crippen molar-refractivity contribution in [2.45, 2.75) is 20.4 Å². The smallest absolute Gasteiger partial charge is 0.286 e. The van der Waals surface area contributed by atoms with Gasteiger partial charge in [0, 0.05) is 6.07 Å². The lowest BCUT2D eigenvalue weighted by Crippen LogP contribution is -2.30. The van der Waals surface area contributed by atoms with Gasteiger partial charge in [0.25, 0.3) is 17.2 Å². The van der Waals surface area contributed by atoms with Gasteiger partial charge in [-0.25, -0.2) is 0 Å². The number of rotatable bonds is 4. The normalized spacial score (nSPS) is 10.5. The van der Waals surface area contributed by atoms with Gasteiger partial charge >= 0.3 is 0 Å². The molecule has 0 unspecified atom stereocenters. The maximum Gasteiger partial charge on any atom is 0.286 e. The van der Waals surface area contributed by atoms with Gasteiger partial charge in [-0.05, 0) is 25.0 Å². The van der Waals surface area contributed by atoms with Crippen LogP contribution >= 0.6 is 0 Å². The van der Waals surface area contributed by atoms with E-state index in [4.69, 9.17) is 5.73 Å². The Labute approximate surface area is 126 Å². The lowest BCUT2D eigenvalue weighted by Gasteiger charge is -2.10. The van der Waals surface area contributed by atoms with Gasteiger partial charge in [-0.15, -0.1) is 0 Å². The summed E-state index contributed by atoms with van der Waals surface area (Å²) in [4.78, 5) is 33.8. The van der Waals surface area contributed by atoms with Crippen LogP contribution in [-0.2, 0) is 6.54 Å². The van der Waals surface area contributed by atoms with E-state index in [-0.39, 0.29) is 17.8 Å². The zero-order valence-corrected chi connectivity index (χ0v) is 12.2. The highest BCUT2D eigenvalue weighted by atomic mass is 16.6. The predicted octanol–water partition coefficient (Wildman–Crippen LogP) is 1.52. The van der Waals surface area contributed by atoms with E-state index in [9.17, 15) is 19.7 Å². The molecule has 0 saturated heterocycles. The molecule has 2 aromatic rings. The molecule has 1 heterocycles. The molecule has 0 aliphatic heterocycles. The van der Waals surface area contributed by atoms with Crippen molar-refractivity contribution in [1.82, 2.24) is 4.57 Å². The summed E-state index contributed by atoms with van der Waals surface area (Å²) in [5, 5.41) is 11.0. The molecule has 7 nitrogen and oxygen atoms in total. The zero-order valence-electron chi connectivity index (χ0n) is 12.2. The highest BCUT2D eigenvalue weighted by molar-refractivity contribution is 5.92. The molecule has 0 atom stereocenters. The van der Waals surface area contributed by atoms with Gasteiger partial charge in [0.15, 0.2) is 0 Å². The molecule has 22 heavy (non-hydrogen) atoms. The molecule has 2 N–H and O–H groups in total. The number of pyridine rings is 1. The number of hydrogen-bond donors (Lipinski definition) is 1. The van der Waals surface area contributed by atoms with Crippen LogP contribution in [0.5, 0.6) is 0 Å². The average Bonchev–Trinajstić information content (AvgIpc) is 2.44. The molecule has 1 amide bonds. The summed E-state index contributed by atoms with van der Waals surface area (Å²) in [5.74, 6) is -0.983. The molecule has 0 saturated carbocycles. The number of hydrogen-bond acceptors (Lipinski definition) is 4. The van der Waals surface area contributed by atoms with E-state index < -0.39 is 16.4 Å². The largest absolute Gasteiger partial charge is 0.365 e. The number of nitrogens with zero attached hydrogens (tertiary/aromatic N) is 2. The van der Waals surface area contributed by atoms with Crippen LogP contribution in [0.4, 0.5) is 5.69 Å². The lowest BCUT2D eigenvalue weighted by atomic mass is 10.1. The van der Waals surface area contributed by atoms with E-state index in [1.54, 1.807) is 0 Å². The van der Waals surface area contributed by atoms with Crippen molar-refractivity contribution in [2.75, 3.05) is 0 Å². The fourth-order valence-corrected chi connectivity index (χ4v) is 2.17. The third-order valence-corrected chi connectivity index (χ3v) is 3.39. The molecule has 2 rings (SSSR count). The van der Waals surface area contributed by atoms with Crippen LogP contribution in [0, 0.1) is 24.0 Å². The van der Waals surface area contributed by atoms with Crippen LogP contribution in [0.1, 0.15) is 27.0 Å². The Balaban J connectivity index is 2.59. The van der Waals surface area contributed by atoms with E-state index in [0.717, 1.165) is 33.5 Å². The Morgan fingerprint density at radius 2 is 2.00 bits per heavy atom. The SMILES string of the molecule is Cc1ccc(C)c(Cn2cc([N+](=O)[O-])cc(C(N)=O)c2=O)c1. The van der Waals surface area contributed by atoms with E-state index in [1.165, 1.54) is 0 Å². The van der Waals surface area contributed by atoms with Crippen molar-refractivity contribution in [3.05, 3.63) is 73.2 Å². The number of aromatic nitrogens is 1. The van der Waals surface area contributed by atoms with E-state index in [0.29, 0.717) is 0 Å². The molecule has 0 fully saturated rings. The summed E-state index contributed by atoms with van der Waals surface area (Å²) < 4.78 is 1.14. The van der Waals surface area contributed by atoms with Gasteiger partial charge in [-0.2, -0.15) is 0 Å². The quantitative estimate of drug-likeness (QED) is 0.682. The topological polar surface area (TPSA) is 108 Å². The number of aryl methyl sites for hydroxylation is 2. The van der Waals surface area contributed by atoms with Crippen LogP contribution in [0.2, 0.25) is 0 Å². The van der Waals surface area contributed by atoms with Crippen LogP contribution in [0.15, 0.2) is 35.3 Å². The van der Waals surface area contributed by atoms with Crippen molar-refractivity contribution in [3.8, 4) is 0 Å². The minimum atomic E-state index is -0.983. The zero-order chi connectivity index (χ0) is 16.4.